The maximum absolute atomic E-state index is 13.2. The molecule has 142 valence electrons. The van der Waals surface area contributed by atoms with Gasteiger partial charge in [-0.05, 0) is 55.7 Å². The van der Waals surface area contributed by atoms with Crippen molar-refractivity contribution >= 4 is 38.9 Å². The van der Waals surface area contributed by atoms with E-state index in [4.69, 9.17) is 11.6 Å². The standard InChI is InChI=1S/C19H18ClFN2O3S/c1-2-5-18(24)23-11-4-7-13-6-3-8-17(19(13)23)27(25,26)22-16-10-9-14(21)12-15(16)20/h2-3,5-6,8-10,12,22H,4,7,11H2,1H3/b5-2+. The molecule has 2 aromatic carbocycles. The molecule has 1 heterocycles. The van der Waals surface area contributed by atoms with Gasteiger partial charge < -0.3 is 4.90 Å². The van der Waals surface area contributed by atoms with Crippen LogP contribution in [-0.2, 0) is 21.2 Å². The van der Waals surface area contributed by atoms with Gasteiger partial charge in [-0.1, -0.05) is 29.8 Å². The van der Waals surface area contributed by atoms with Crippen LogP contribution < -0.4 is 9.62 Å². The number of rotatable bonds is 4. The number of anilines is 2. The summed E-state index contributed by atoms with van der Waals surface area (Å²) in [5.74, 6) is -0.843. The number of hydrogen-bond acceptors (Lipinski definition) is 3. The third kappa shape index (κ3) is 3.99. The molecule has 1 aliphatic rings. The van der Waals surface area contributed by atoms with Crippen LogP contribution in [0.15, 0.2) is 53.4 Å². The van der Waals surface area contributed by atoms with Crippen molar-refractivity contribution in [2.45, 2.75) is 24.7 Å². The first-order valence-corrected chi connectivity index (χ1v) is 10.2. The van der Waals surface area contributed by atoms with Gasteiger partial charge in [0.2, 0.25) is 0 Å². The van der Waals surface area contributed by atoms with E-state index in [1.54, 1.807) is 19.1 Å². The maximum atomic E-state index is 13.2. The van der Waals surface area contributed by atoms with Crippen molar-refractivity contribution in [2.24, 2.45) is 0 Å². The number of nitrogens with one attached hydrogen (secondary N) is 1. The quantitative estimate of drug-likeness (QED) is 0.773. The predicted molar refractivity (Wildman–Crippen MR) is 104 cm³/mol. The Morgan fingerprint density at radius 2 is 2.07 bits per heavy atom. The molecule has 0 radical (unpaired) electrons. The Bertz CT molecular complexity index is 1020. The van der Waals surface area contributed by atoms with Gasteiger partial charge >= 0.3 is 0 Å². The van der Waals surface area contributed by atoms with Crippen LogP contribution in [0.2, 0.25) is 5.02 Å². The largest absolute Gasteiger partial charge is 0.307 e. The number of carbonyl (C=O) groups excluding carboxylic acids is 1. The Morgan fingerprint density at radius 1 is 1.30 bits per heavy atom. The molecular formula is C19H18ClFN2O3S. The SMILES string of the molecule is C/C=C/C(=O)N1CCCc2cccc(S(=O)(=O)Nc3ccc(F)cc3Cl)c21. The van der Waals surface area contributed by atoms with E-state index < -0.39 is 15.8 Å². The molecule has 1 N–H and O–H groups in total. The molecule has 0 unspecified atom stereocenters. The summed E-state index contributed by atoms with van der Waals surface area (Å²) in [5, 5.41) is -0.0507. The monoisotopic (exact) mass is 408 g/mol. The summed E-state index contributed by atoms with van der Waals surface area (Å²) in [4.78, 5) is 13.9. The van der Waals surface area contributed by atoms with Crippen LogP contribution in [0.4, 0.5) is 15.8 Å². The molecule has 0 saturated heterocycles. The summed E-state index contributed by atoms with van der Waals surface area (Å²) in [6, 6.07) is 8.30. The maximum Gasteiger partial charge on any atom is 0.264 e. The highest BCUT2D eigenvalue weighted by Crippen LogP contribution is 2.35. The zero-order valence-corrected chi connectivity index (χ0v) is 16.1. The second kappa shape index (κ2) is 7.70. The molecule has 8 heteroatoms. The molecule has 0 saturated carbocycles. The highest BCUT2D eigenvalue weighted by molar-refractivity contribution is 7.93. The van der Waals surface area contributed by atoms with Crippen LogP contribution in [0.25, 0.3) is 0 Å². The van der Waals surface area contributed by atoms with Crippen molar-refractivity contribution in [3.05, 3.63) is 65.0 Å². The van der Waals surface area contributed by atoms with Crippen LogP contribution >= 0.6 is 11.6 Å². The predicted octanol–water partition coefficient (Wildman–Crippen LogP) is 4.14. The van der Waals surface area contributed by atoms with E-state index in [0.29, 0.717) is 18.7 Å². The molecule has 0 atom stereocenters. The van der Waals surface area contributed by atoms with Crippen molar-refractivity contribution in [3.8, 4) is 0 Å². The van der Waals surface area contributed by atoms with Crippen LogP contribution in [-0.4, -0.2) is 20.9 Å². The van der Waals surface area contributed by atoms with Crippen molar-refractivity contribution in [3.63, 3.8) is 0 Å². The lowest BCUT2D eigenvalue weighted by Gasteiger charge is -2.30. The number of allylic oxidation sites excluding steroid dienone is 1. The highest BCUT2D eigenvalue weighted by atomic mass is 35.5. The van der Waals surface area contributed by atoms with Gasteiger partial charge in [0.1, 0.15) is 10.7 Å². The molecule has 5 nitrogen and oxygen atoms in total. The molecule has 27 heavy (non-hydrogen) atoms. The summed E-state index contributed by atoms with van der Waals surface area (Å²) in [6.45, 7) is 2.16. The molecular weight excluding hydrogens is 391 g/mol. The fourth-order valence-corrected chi connectivity index (χ4v) is 4.66. The number of nitrogens with zero attached hydrogens (tertiary/aromatic N) is 1. The zero-order valence-electron chi connectivity index (χ0n) is 14.6. The average molecular weight is 409 g/mol. The molecule has 0 bridgehead atoms. The first-order valence-electron chi connectivity index (χ1n) is 8.37. The Balaban J connectivity index is 2.07. The van der Waals surface area contributed by atoms with Crippen molar-refractivity contribution in [1.82, 2.24) is 0 Å². The molecule has 0 aromatic heterocycles. The number of halogens is 2. The third-order valence-corrected chi connectivity index (χ3v) is 5.93. The van der Waals surface area contributed by atoms with Gasteiger partial charge in [-0.3, -0.25) is 9.52 Å². The van der Waals surface area contributed by atoms with E-state index in [0.717, 1.165) is 24.1 Å². The van der Waals surface area contributed by atoms with Crippen LogP contribution in [0.3, 0.4) is 0 Å². The van der Waals surface area contributed by atoms with Crippen LogP contribution in [0.1, 0.15) is 18.9 Å². The number of carbonyl (C=O) groups is 1. The number of fused-ring (bicyclic) bond motifs is 1. The Hall–Kier alpha value is -2.38. The normalized spacial score (nSPS) is 14.3. The first-order chi connectivity index (χ1) is 12.8. The van der Waals surface area contributed by atoms with Gasteiger partial charge in [0.25, 0.3) is 15.9 Å². The second-order valence-electron chi connectivity index (χ2n) is 6.09. The minimum absolute atomic E-state index is 0.0158. The van der Waals surface area contributed by atoms with E-state index in [2.05, 4.69) is 4.72 Å². The zero-order chi connectivity index (χ0) is 19.6. The number of amides is 1. The Labute approximate surface area is 162 Å². The third-order valence-electron chi connectivity index (χ3n) is 4.22. The second-order valence-corrected chi connectivity index (χ2v) is 8.14. The average Bonchev–Trinajstić information content (AvgIpc) is 2.63. The minimum atomic E-state index is -4.05. The molecule has 0 spiro atoms. The van der Waals surface area contributed by atoms with Crippen molar-refractivity contribution < 1.29 is 17.6 Å². The van der Waals surface area contributed by atoms with E-state index >= 15 is 0 Å². The van der Waals surface area contributed by atoms with Gasteiger partial charge in [0, 0.05) is 6.54 Å². The molecule has 1 aliphatic heterocycles. The van der Waals surface area contributed by atoms with Gasteiger partial charge in [-0.25, -0.2) is 12.8 Å². The number of aryl methyl sites for hydroxylation is 1. The lowest BCUT2D eigenvalue weighted by molar-refractivity contribution is -0.114. The van der Waals surface area contributed by atoms with E-state index in [1.165, 1.54) is 23.1 Å². The molecule has 1 amide bonds. The lowest BCUT2D eigenvalue weighted by Crippen LogP contribution is -2.36. The highest BCUT2D eigenvalue weighted by Gasteiger charge is 2.29. The van der Waals surface area contributed by atoms with Gasteiger partial charge in [-0.15, -0.1) is 0 Å². The van der Waals surface area contributed by atoms with Crippen molar-refractivity contribution in [2.75, 3.05) is 16.2 Å². The number of benzene rings is 2. The van der Waals surface area contributed by atoms with Crippen molar-refractivity contribution in [1.29, 1.82) is 0 Å². The first kappa shape index (κ1) is 19.4. The fourth-order valence-electron chi connectivity index (χ4n) is 3.06. The van der Waals surface area contributed by atoms with Crippen LogP contribution in [0.5, 0.6) is 0 Å². The summed E-state index contributed by atoms with van der Waals surface area (Å²) < 4.78 is 41.7. The van der Waals surface area contributed by atoms with E-state index in [9.17, 15) is 17.6 Å². The summed E-state index contributed by atoms with van der Waals surface area (Å²) in [7, 11) is -4.05. The molecule has 0 fully saturated rings. The topological polar surface area (TPSA) is 66.5 Å². The smallest absolute Gasteiger partial charge is 0.264 e. The molecule has 2 aromatic rings. The summed E-state index contributed by atoms with van der Waals surface area (Å²) >= 11 is 5.95. The molecule has 0 aliphatic carbocycles. The Kier molecular flexibility index (Phi) is 5.53. The van der Waals surface area contributed by atoms with Gasteiger partial charge in [-0.2, -0.15) is 0 Å². The lowest BCUT2D eigenvalue weighted by atomic mass is 10.0. The number of para-hydroxylation sites is 1. The van der Waals surface area contributed by atoms with E-state index in [-0.39, 0.29) is 21.5 Å². The number of hydrogen-bond donors (Lipinski definition) is 1. The summed E-state index contributed by atoms with van der Waals surface area (Å²) in [5.41, 5.74) is 1.22. The number of sulfonamides is 1. The van der Waals surface area contributed by atoms with Gasteiger partial charge in [0.05, 0.1) is 16.4 Å². The fraction of sp³-hybridized carbons (Fsp3) is 0.211. The molecule has 3 rings (SSSR count). The summed E-state index contributed by atoms with van der Waals surface area (Å²) in [6.07, 6.45) is 4.44. The van der Waals surface area contributed by atoms with E-state index in [1.807, 2.05) is 6.07 Å². The van der Waals surface area contributed by atoms with Gasteiger partial charge in [0.15, 0.2) is 0 Å². The Morgan fingerprint density at radius 3 is 2.78 bits per heavy atom. The van der Waals surface area contributed by atoms with Crippen LogP contribution in [0, 0.1) is 5.82 Å². The minimum Gasteiger partial charge on any atom is -0.307 e.